The lowest BCUT2D eigenvalue weighted by molar-refractivity contribution is -0.129. The van der Waals surface area contributed by atoms with Crippen LogP contribution >= 0.6 is 0 Å². The van der Waals surface area contributed by atoms with Crippen molar-refractivity contribution in [1.82, 2.24) is 20.1 Å². The predicted molar refractivity (Wildman–Crippen MR) is 142 cm³/mol. The van der Waals surface area contributed by atoms with E-state index in [2.05, 4.69) is 72.5 Å². The van der Waals surface area contributed by atoms with Gasteiger partial charge in [0.15, 0.2) is 0 Å². The second-order valence-electron chi connectivity index (χ2n) is 10.9. The van der Waals surface area contributed by atoms with Crippen molar-refractivity contribution in [2.75, 3.05) is 56.6 Å². The highest BCUT2D eigenvalue weighted by Gasteiger charge is 2.50. The predicted octanol–water partition coefficient (Wildman–Crippen LogP) is 3.36. The summed E-state index contributed by atoms with van der Waals surface area (Å²) in [6.07, 6.45) is 5.72. The van der Waals surface area contributed by atoms with Gasteiger partial charge in [0.1, 0.15) is 5.82 Å². The zero-order chi connectivity index (χ0) is 25.5. The van der Waals surface area contributed by atoms with Crippen LogP contribution in [0, 0.1) is 6.92 Å². The van der Waals surface area contributed by atoms with Gasteiger partial charge in [-0.25, -0.2) is 9.78 Å². The maximum absolute atomic E-state index is 13.2. The van der Waals surface area contributed by atoms with Crippen molar-refractivity contribution in [1.29, 1.82) is 0 Å². The maximum Gasteiger partial charge on any atom is 0.322 e. The van der Waals surface area contributed by atoms with Gasteiger partial charge in [-0.15, -0.1) is 0 Å². The van der Waals surface area contributed by atoms with E-state index in [4.69, 9.17) is 4.98 Å². The fourth-order valence-corrected chi connectivity index (χ4v) is 6.31. The molecule has 1 aliphatic carbocycles. The third-order valence-electron chi connectivity index (χ3n) is 8.69. The maximum atomic E-state index is 13.2. The van der Waals surface area contributed by atoms with Crippen molar-refractivity contribution in [3.05, 3.63) is 53.7 Å². The van der Waals surface area contributed by atoms with Crippen LogP contribution in [0.2, 0.25) is 0 Å². The molecule has 36 heavy (non-hydrogen) atoms. The summed E-state index contributed by atoms with van der Waals surface area (Å²) >= 11 is 0. The summed E-state index contributed by atoms with van der Waals surface area (Å²) in [6.45, 7) is 7.32. The molecule has 5 rings (SSSR count). The van der Waals surface area contributed by atoms with E-state index >= 15 is 0 Å². The van der Waals surface area contributed by atoms with Crippen LogP contribution in [0.25, 0.3) is 0 Å². The van der Waals surface area contributed by atoms with Gasteiger partial charge in [0, 0.05) is 38.6 Å². The van der Waals surface area contributed by atoms with E-state index in [0.717, 1.165) is 55.8 Å². The zero-order valence-electron chi connectivity index (χ0n) is 22.0. The molecule has 3 aliphatic rings. The fraction of sp³-hybridized carbons (Fsp3) is 0.536. The molecule has 1 aromatic heterocycles. The standard InChI is InChI=1S/C28H38N6O2/c1-21-18-25(33-16-14-32(15-17-33)22(2)35)29-19-24(21)34-20-27(30-26(34)36)10-12-28(13-11-27,31(3)4)23-8-6-5-7-9-23/h5-9,18-19H,10-17,20H2,1-4H3,(H,30,36)/t27-,28+. The second-order valence-corrected chi connectivity index (χ2v) is 10.9. The summed E-state index contributed by atoms with van der Waals surface area (Å²) in [4.78, 5) is 37.9. The van der Waals surface area contributed by atoms with Crippen molar-refractivity contribution in [3.8, 4) is 0 Å². The Balaban J connectivity index is 1.29. The first-order valence-electron chi connectivity index (χ1n) is 13.0. The van der Waals surface area contributed by atoms with Crippen molar-refractivity contribution in [3.63, 3.8) is 0 Å². The number of piperazine rings is 1. The smallest absolute Gasteiger partial charge is 0.322 e. The molecule has 1 spiro atoms. The number of hydrogen-bond donors (Lipinski definition) is 1. The van der Waals surface area contributed by atoms with E-state index in [0.29, 0.717) is 19.6 Å². The largest absolute Gasteiger partial charge is 0.353 e. The molecule has 1 saturated carbocycles. The van der Waals surface area contributed by atoms with Gasteiger partial charge in [0.05, 0.1) is 24.0 Å². The Labute approximate surface area is 214 Å². The summed E-state index contributed by atoms with van der Waals surface area (Å²) in [6, 6.07) is 12.8. The third kappa shape index (κ3) is 4.32. The van der Waals surface area contributed by atoms with E-state index < -0.39 is 0 Å². The van der Waals surface area contributed by atoms with Gasteiger partial charge in [0.2, 0.25) is 5.91 Å². The van der Waals surface area contributed by atoms with Gasteiger partial charge < -0.3 is 15.1 Å². The molecule has 0 bridgehead atoms. The number of rotatable bonds is 4. The van der Waals surface area contributed by atoms with Crippen molar-refractivity contribution < 1.29 is 9.59 Å². The Morgan fingerprint density at radius 2 is 1.69 bits per heavy atom. The summed E-state index contributed by atoms with van der Waals surface area (Å²) in [5.74, 6) is 1.03. The summed E-state index contributed by atoms with van der Waals surface area (Å²) in [5.41, 5.74) is 3.06. The highest BCUT2D eigenvalue weighted by Crippen LogP contribution is 2.46. The van der Waals surface area contributed by atoms with Crippen LogP contribution in [0.3, 0.4) is 0 Å². The minimum absolute atomic E-state index is 0.00378. The number of amides is 3. The van der Waals surface area contributed by atoms with Gasteiger partial charge in [-0.05, 0) is 63.9 Å². The molecule has 192 valence electrons. The number of aryl methyl sites for hydroxylation is 1. The molecule has 3 heterocycles. The highest BCUT2D eigenvalue weighted by molar-refractivity contribution is 5.96. The number of aromatic nitrogens is 1. The normalized spacial score (nSPS) is 26.6. The van der Waals surface area contributed by atoms with Gasteiger partial charge in [0.25, 0.3) is 0 Å². The molecule has 1 aromatic carbocycles. The number of benzene rings is 1. The molecular formula is C28H38N6O2. The average molecular weight is 491 g/mol. The van der Waals surface area contributed by atoms with Crippen LogP contribution in [0.5, 0.6) is 0 Å². The van der Waals surface area contributed by atoms with E-state index in [1.54, 1.807) is 6.92 Å². The van der Waals surface area contributed by atoms with Crippen LogP contribution in [-0.4, -0.2) is 79.1 Å². The molecule has 3 fully saturated rings. The van der Waals surface area contributed by atoms with Crippen LogP contribution in [0.4, 0.5) is 16.3 Å². The molecule has 8 heteroatoms. The molecule has 2 aromatic rings. The van der Waals surface area contributed by atoms with E-state index in [1.165, 1.54) is 5.56 Å². The quantitative estimate of drug-likeness (QED) is 0.712. The number of carbonyl (C=O) groups is 2. The topological polar surface area (TPSA) is 72.0 Å². The van der Waals surface area contributed by atoms with Crippen molar-refractivity contribution >= 4 is 23.4 Å². The summed E-state index contributed by atoms with van der Waals surface area (Å²) < 4.78 is 0. The Morgan fingerprint density at radius 1 is 1.03 bits per heavy atom. The highest BCUT2D eigenvalue weighted by atomic mass is 16.2. The monoisotopic (exact) mass is 490 g/mol. The van der Waals surface area contributed by atoms with E-state index in [9.17, 15) is 9.59 Å². The lowest BCUT2D eigenvalue weighted by Gasteiger charge is -2.48. The molecule has 8 nitrogen and oxygen atoms in total. The number of pyridine rings is 1. The number of urea groups is 1. The Morgan fingerprint density at radius 3 is 2.28 bits per heavy atom. The minimum Gasteiger partial charge on any atom is -0.353 e. The fourth-order valence-electron chi connectivity index (χ4n) is 6.31. The Bertz CT molecular complexity index is 1120. The zero-order valence-corrected chi connectivity index (χ0v) is 22.0. The van der Waals surface area contributed by atoms with Gasteiger partial charge in [-0.2, -0.15) is 0 Å². The first-order valence-corrected chi connectivity index (χ1v) is 13.0. The molecule has 2 saturated heterocycles. The van der Waals surface area contributed by atoms with Crippen LogP contribution in [0.1, 0.15) is 43.7 Å². The SMILES string of the molecule is CC(=O)N1CCN(c2cc(C)c(N3C[C@]4(CC[C@](c5ccccc5)(N(C)C)CC4)NC3=O)cn2)CC1. The number of nitrogens with one attached hydrogen (secondary N) is 1. The first-order chi connectivity index (χ1) is 17.2. The molecule has 0 radical (unpaired) electrons. The summed E-state index contributed by atoms with van der Waals surface area (Å²) in [7, 11) is 4.34. The molecule has 2 aliphatic heterocycles. The van der Waals surface area contributed by atoms with Gasteiger partial charge in [-0.3, -0.25) is 14.6 Å². The van der Waals surface area contributed by atoms with Crippen LogP contribution in [-0.2, 0) is 10.3 Å². The summed E-state index contributed by atoms with van der Waals surface area (Å²) in [5, 5.41) is 3.36. The van der Waals surface area contributed by atoms with Crippen molar-refractivity contribution in [2.24, 2.45) is 0 Å². The number of anilines is 2. The molecular weight excluding hydrogens is 452 g/mol. The van der Waals surface area contributed by atoms with Crippen molar-refractivity contribution in [2.45, 2.75) is 50.6 Å². The Kier molecular flexibility index (Phi) is 6.41. The molecule has 3 amide bonds. The lowest BCUT2D eigenvalue weighted by atomic mass is 9.69. The minimum atomic E-state index is -0.209. The second kappa shape index (κ2) is 9.39. The van der Waals surface area contributed by atoms with Crippen LogP contribution in [0.15, 0.2) is 42.6 Å². The Hall–Kier alpha value is -3.13. The van der Waals surface area contributed by atoms with Gasteiger partial charge in [-0.1, -0.05) is 30.3 Å². The number of hydrogen-bond acceptors (Lipinski definition) is 5. The lowest BCUT2D eigenvalue weighted by Crippen LogP contribution is -2.54. The van der Waals surface area contributed by atoms with Crippen LogP contribution < -0.4 is 15.1 Å². The average Bonchev–Trinajstić information content (AvgIpc) is 3.20. The third-order valence-corrected chi connectivity index (χ3v) is 8.69. The molecule has 0 unspecified atom stereocenters. The van der Waals surface area contributed by atoms with Gasteiger partial charge >= 0.3 is 6.03 Å². The van der Waals surface area contributed by atoms with E-state index in [1.807, 2.05) is 16.0 Å². The number of carbonyl (C=O) groups excluding carboxylic acids is 2. The molecule has 0 atom stereocenters. The van der Waals surface area contributed by atoms with E-state index in [-0.39, 0.29) is 23.0 Å². The molecule has 1 N–H and O–H groups in total. The first kappa shape index (κ1) is 24.6. The number of nitrogens with zero attached hydrogens (tertiary/aromatic N) is 5.